The molecule has 0 aromatic carbocycles. The van der Waals surface area contributed by atoms with Crippen LogP contribution in [0.1, 0.15) is 79.1 Å². The van der Waals surface area contributed by atoms with Crippen LogP contribution in [0.3, 0.4) is 0 Å². The van der Waals surface area contributed by atoms with Crippen molar-refractivity contribution in [3.8, 4) is 0 Å². The van der Waals surface area contributed by atoms with Crippen molar-refractivity contribution in [3.05, 3.63) is 0 Å². The van der Waals surface area contributed by atoms with Gasteiger partial charge in [0.25, 0.3) is 0 Å². The first-order valence-corrected chi connectivity index (χ1v) is 13.1. The van der Waals surface area contributed by atoms with E-state index in [4.69, 9.17) is 4.43 Å². The van der Waals surface area contributed by atoms with Crippen LogP contribution in [0.5, 0.6) is 0 Å². The van der Waals surface area contributed by atoms with Gasteiger partial charge >= 0.3 is 0 Å². The summed E-state index contributed by atoms with van der Waals surface area (Å²) in [6, 6.07) is 0. The lowest BCUT2D eigenvalue weighted by Gasteiger charge is -2.12. The van der Waals surface area contributed by atoms with Gasteiger partial charge in [-0.1, -0.05) is 66.2 Å². The summed E-state index contributed by atoms with van der Waals surface area (Å²) in [5, 5.41) is 0.832. The lowest BCUT2D eigenvalue weighted by atomic mass is 10.2. The van der Waals surface area contributed by atoms with E-state index in [1.54, 1.807) is 0 Å². The van der Waals surface area contributed by atoms with Gasteiger partial charge in [0, 0.05) is 17.6 Å². The van der Waals surface area contributed by atoms with Gasteiger partial charge in [-0.2, -0.15) is 23.5 Å². The molecule has 0 aliphatic carbocycles. The van der Waals surface area contributed by atoms with E-state index in [1.165, 1.54) is 68.6 Å². The zero-order valence-electron chi connectivity index (χ0n) is 15.6. The molecule has 0 aliphatic heterocycles. The summed E-state index contributed by atoms with van der Waals surface area (Å²) in [5.41, 5.74) is 0.865. The highest BCUT2D eigenvalue weighted by Crippen LogP contribution is 2.19. The maximum atomic E-state index is 5.88. The van der Waals surface area contributed by atoms with Gasteiger partial charge in [0.15, 0.2) is 9.76 Å². The Labute approximate surface area is 151 Å². The van der Waals surface area contributed by atoms with Crippen molar-refractivity contribution in [2.75, 3.05) is 23.9 Å². The molecule has 0 aliphatic rings. The van der Waals surface area contributed by atoms with Crippen LogP contribution < -0.4 is 0 Å². The van der Waals surface area contributed by atoms with E-state index >= 15 is 0 Å². The van der Waals surface area contributed by atoms with E-state index in [1.807, 2.05) is 0 Å². The fourth-order valence-electron chi connectivity index (χ4n) is 2.40. The van der Waals surface area contributed by atoms with E-state index in [2.05, 4.69) is 51.2 Å². The Bertz CT molecular complexity index is 217. The number of thioether (sulfide) groups is 2. The normalized spacial score (nSPS) is 14.7. The highest BCUT2D eigenvalue weighted by molar-refractivity contribution is 8.00. The Balaban J connectivity index is 3.19. The fraction of sp³-hybridized carbons (Fsp3) is 1.00. The first-order valence-electron chi connectivity index (χ1n) is 9.47. The van der Waals surface area contributed by atoms with Crippen LogP contribution in [0.2, 0.25) is 5.54 Å². The molecular formula is C18H40OS2Si. The van der Waals surface area contributed by atoms with Crippen molar-refractivity contribution >= 4 is 33.3 Å². The zero-order valence-corrected chi connectivity index (χ0v) is 18.6. The average molecular weight is 365 g/mol. The van der Waals surface area contributed by atoms with Crippen molar-refractivity contribution < 1.29 is 4.43 Å². The van der Waals surface area contributed by atoms with Gasteiger partial charge in [-0.3, -0.25) is 0 Å². The van der Waals surface area contributed by atoms with Crippen molar-refractivity contribution in [1.82, 2.24) is 0 Å². The maximum absolute atomic E-state index is 5.88. The number of hydrogen-bond acceptors (Lipinski definition) is 3. The van der Waals surface area contributed by atoms with Crippen LogP contribution in [-0.2, 0) is 4.43 Å². The number of hydrogen-bond donors (Lipinski definition) is 0. The Kier molecular flexibility index (Phi) is 18.9. The highest BCUT2D eigenvalue weighted by Gasteiger charge is 2.04. The van der Waals surface area contributed by atoms with Crippen LogP contribution in [-0.4, -0.2) is 38.9 Å². The van der Waals surface area contributed by atoms with Gasteiger partial charge in [0.05, 0.1) is 0 Å². The van der Waals surface area contributed by atoms with Gasteiger partial charge in [-0.15, -0.1) is 0 Å². The van der Waals surface area contributed by atoms with Crippen molar-refractivity contribution in [1.29, 1.82) is 0 Å². The van der Waals surface area contributed by atoms with Crippen molar-refractivity contribution in [2.24, 2.45) is 0 Å². The fourth-order valence-corrected chi connectivity index (χ4v) is 6.07. The van der Waals surface area contributed by atoms with Crippen molar-refractivity contribution in [3.63, 3.8) is 0 Å². The van der Waals surface area contributed by atoms with E-state index in [0.29, 0.717) is 0 Å². The monoisotopic (exact) mass is 364 g/mol. The SMILES string of the molecule is CCCCCCCSC(C)CCSCCO[SiH2]C(C)CCC. The molecule has 0 spiro atoms. The predicted molar refractivity (Wildman–Crippen MR) is 111 cm³/mol. The summed E-state index contributed by atoms with van der Waals surface area (Å²) < 4.78 is 5.88. The minimum absolute atomic E-state index is 0.263. The van der Waals surface area contributed by atoms with E-state index in [0.717, 1.165) is 17.4 Å². The average Bonchev–Trinajstić information content (AvgIpc) is 2.50. The summed E-state index contributed by atoms with van der Waals surface area (Å²) in [7, 11) is -0.263. The lowest BCUT2D eigenvalue weighted by molar-refractivity contribution is 0.355. The molecule has 0 amide bonds. The van der Waals surface area contributed by atoms with Crippen LogP contribution in [0.4, 0.5) is 0 Å². The minimum Gasteiger partial charge on any atom is -0.423 e. The summed E-state index contributed by atoms with van der Waals surface area (Å²) in [4.78, 5) is 0. The molecule has 0 radical (unpaired) electrons. The molecule has 22 heavy (non-hydrogen) atoms. The van der Waals surface area contributed by atoms with Gasteiger partial charge < -0.3 is 4.43 Å². The Morgan fingerprint density at radius 2 is 1.64 bits per heavy atom. The first kappa shape index (κ1) is 22.9. The number of unbranched alkanes of at least 4 members (excludes halogenated alkanes) is 4. The summed E-state index contributed by atoms with van der Waals surface area (Å²) >= 11 is 4.26. The largest absolute Gasteiger partial charge is 0.423 e. The number of rotatable bonds is 17. The topological polar surface area (TPSA) is 9.23 Å². The van der Waals surface area contributed by atoms with Crippen LogP contribution in [0.25, 0.3) is 0 Å². The molecule has 0 rings (SSSR count). The molecule has 0 N–H and O–H groups in total. The Morgan fingerprint density at radius 3 is 2.36 bits per heavy atom. The molecule has 2 unspecified atom stereocenters. The maximum Gasteiger partial charge on any atom is 0.164 e. The molecule has 0 saturated heterocycles. The van der Waals surface area contributed by atoms with Crippen LogP contribution >= 0.6 is 23.5 Å². The first-order chi connectivity index (χ1) is 10.7. The summed E-state index contributed by atoms with van der Waals surface area (Å²) in [6.45, 7) is 10.3. The molecule has 134 valence electrons. The van der Waals surface area contributed by atoms with Crippen LogP contribution in [0.15, 0.2) is 0 Å². The quantitative estimate of drug-likeness (QED) is 0.234. The molecule has 4 heteroatoms. The van der Waals surface area contributed by atoms with E-state index < -0.39 is 0 Å². The molecule has 1 nitrogen and oxygen atoms in total. The zero-order chi connectivity index (χ0) is 16.5. The minimum atomic E-state index is -0.263. The molecular weight excluding hydrogens is 324 g/mol. The predicted octanol–water partition coefficient (Wildman–Crippen LogP) is 5.91. The van der Waals surface area contributed by atoms with Gasteiger partial charge in [0.1, 0.15) is 0 Å². The van der Waals surface area contributed by atoms with Crippen molar-refractivity contribution in [2.45, 2.75) is 89.9 Å². The highest BCUT2D eigenvalue weighted by atomic mass is 32.2. The summed E-state index contributed by atoms with van der Waals surface area (Å²) in [6.07, 6.45) is 11.1. The van der Waals surface area contributed by atoms with Gasteiger partial charge in [-0.05, 0) is 29.9 Å². The molecule has 0 saturated carbocycles. The Morgan fingerprint density at radius 1 is 0.864 bits per heavy atom. The standard InChI is InChI=1S/C18H40OS2Si/c1-5-7-8-9-10-14-21-17(3)12-15-20-16-13-19-22-18(4)11-6-2/h17-18H,5-16,22H2,1-4H3. The van der Waals surface area contributed by atoms with E-state index in [9.17, 15) is 0 Å². The molecule has 0 fully saturated rings. The summed E-state index contributed by atoms with van der Waals surface area (Å²) in [5.74, 6) is 3.86. The third-order valence-electron chi connectivity index (χ3n) is 3.87. The lowest BCUT2D eigenvalue weighted by Crippen LogP contribution is -2.08. The van der Waals surface area contributed by atoms with Crippen LogP contribution in [0, 0.1) is 0 Å². The van der Waals surface area contributed by atoms with Gasteiger partial charge in [0.2, 0.25) is 0 Å². The second-order valence-corrected chi connectivity index (χ2v) is 11.4. The smallest absolute Gasteiger partial charge is 0.164 e. The second-order valence-electron chi connectivity index (χ2n) is 6.47. The third kappa shape index (κ3) is 17.2. The van der Waals surface area contributed by atoms with E-state index in [-0.39, 0.29) is 9.76 Å². The molecule has 0 aromatic heterocycles. The molecule has 0 bridgehead atoms. The second kappa shape index (κ2) is 18.2. The molecule has 2 atom stereocenters. The van der Waals surface area contributed by atoms with Gasteiger partial charge in [-0.25, -0.2) is 0 Å². The molecule has 0 aromatic rings. The Hall–Kier alpha value is 0.877. The molecule has 0 heterocycles. The third-order valence-corrected chi connectivity index (χ3v) is 7.69.